The molecule has 2 rings (SSSR count). The molecule has 1 aromatic heterocycles. The first-order chi connectivity index (χ1) is 9.61. The molecule has 0 spiro atoms. The molecule has 20 heavy (non-hydrogen) atoms. The second kappa shape index (κ2) is 6.37. The Balaban J connectivity index is 2.14. The fraction of sp³-hybridized carbons (Fsp3) is 0.800. The molecule has 1 heterocycles. The Bertz CT molecular complexity index is 448. The lowest BCUT2D eigenvalue weighted by atomic mass is 9.68. The molecule has 0 amide bonds. The van der Waals surface area contributed by atoms with Gasteiger partial charge >= 0.3 is 5.97 Å². The third kappa shape index (κ3) is 3.02. The van der Waals surface area contributed by atoms with Gasteiger partial charge in [0.2, 0.25) is 0 Å². The molecule has 0 atom stereocenters. The predicted molar refractivity (Wildman–Crippen MR) is 76.3 cm³/mol. The molecule has 5 nitrogen and oxygen atoms in total. The highest BCUT2D eigenvalue weighted by atomic mass is 16.4. The summed E-state index contributed by atoms with van der Waals surface area (Å²) in [6.45, 7) is 5.09. The van der Waals surface area contributed by atoms with Gasteiger partial charge in [0, 0.05) is 13.0 Å². The average molecular weight is 279 g/mol. The standard InChI is InChI=1S/C15H25N3O2/c1-3-9-18-13(16-11-17-18)10-15(14(19)20)7-5-12(4-2)6-8-15/h11-12H,3-10H2,1-2H3,(H,19,20). The van der Waals surface area contributed by atoms with Gasteiger partial charge in [-0.05, 0) is 38.0 Å². The highest BCUT2D eigenvalue weighted by molar-refractivity contribution is 5.75. The molecule has 1 aliphatic rings. The lowest BCUT2D eigenvalue weighted by Gasteiger charge is -2.36. The monoisotopic (exact) mass is 279 g/mol. The van der Waals surface area contributed by atoms with Crippen LogP contribution in [0.25, 0.3) is 0 Å². The molecular formula is C15H25N3O2. The van der Waals surface area contributed by atoms with E-state index in [1.54, 1.807) is 0 Å². The summed E-state index contributed by atoms with van der Waals surface area (Å²) >= 11 is 0. The van der Waals surface area contributed by atoms with Gasteiger partial charge in [-0.1, -0.05) is 20.3 Å². The normalized spacial score (nSPS) is 26.6. The van der Waals surface area contributed by atoms with Gasteiger partial charge in [-0.15, -0.1) is 0 Å². The van der Waals surface area contributed by atoms with E-state index in [9.17, 15) is 9.90 Å². The van der Waals surface area contributed by atoms with E-state index >= 15 is 0 Å². The zero-order chi connectivity index (χ0) is 14.6. The summed E-state index contributed by atoms with van der Waals surface area (Å²) < 4.78 is 1.86. The molecule has 112 valence electrons. The van der Waals surface area contributed by atoms with Crippen LogP contribution in [-0.4, -0.2) is 25.8 Å². The Morgan fingerprint density at radius 2 is 2.15 bits per heavy atom. The number of carbonyl (C=O) groups is 1. The quantitative estimate of drug-likeness (QED) is 0.869. The third-order valence-electron chi connectivity index (χ3n) is 4.72. The first-order valence-corrected chi connectivity index (χ1v) is 7.71. The fourth-order valence-corrected chi connectivity index (χ4v) is 3.23. The van der Waals surface area contributed by atoms with Crippen molar-refractivity contribution < 1.29 is 9.90 Å². The first kappa shape index (κ1) is 15.0. The summed E-state index contributed by atoms with van der Waals surface area (Å²) in [5.74, 6) is 0.846. The maximum atomic E-state index is 11.8. The van der Waals surface area contributed by atoms with Crippen molar-refractivity contribution >= 4 is 5.97 Å². The Labute approximate surface area is 120 Å². The van der Waals surface area contributed by atoms with E-state index in [4.69, 9.17) is 0 Å². The molecule has 1 aromatic rings. The van der Waals surface area contributed by atoms with Crippen molar-refractivity contribution in [3.05, 3.63) is 12.2 Å². The molecule has 0 bridgehead atoms. The van der Waals surface area contributed by atoms with Crippen molar-refractivity contribution in [3.63, 3.8) is 0 Å². The van der Waals surface area contributed by atoms with E-state index < -0.39 is 11.4 Å². The van der Waals surface area contributed by atoms with Gasteiger partial charge in [0.05, 0.1) is 5.41 Å². The van der Waals surface area contributed by atoms with Crippen LogP contribution in [0.4, 0.5) is 0 Å². The number of rotatable bonds is 6. The SMILES string of the molecule is CCCn1ncnc1CC1(C(=O)O)CCC(CC)CC1. The summed E-state index contributed by atoms with van der Waals surface area (Å²) in [5, 5.41) is 13.9. The zero-order valence-corrected chi connectivity index (χ0v) is 12.5. The number of nitrogens with zero attached hydrogens (tertiary/aromatic N) is 3. The Kier molecular flexibility index (Phi) is 4.78. The average Bonchev–Trinajstić information content (AvgIpc) is 2.87. The van der Waals surface area contributed by atoms with E-state index in [0.717, 1.165) is 50.9 Å². The van der Waals surface area contributed by atoms with E-state index in [0.29, 0.717) is 12.3 Å². The van der Waals surface area contributed by atoms with Crippen LogP contribution in [-0.2, 0) is 17.8 Å². The molecule has 1 fully saturated rings. The van der Waals surface area contributed by atoms with Gasteiger partial charge in [-0.2, -0.15) is 5.10 Å². The number of carboxylic acid groups (broad SMARTS) is 1. The van der Waals surface area contributed by atoms with Crippen LogP contribution in [0.2, 0.25) is 0 Å². The maximum absolute atomic E-state index is 11.8. The van der Waals surface area contributed by atoms with Gasteiger partial charge in [0.1, 0.15) is 12.2 Å². The molecule has 0 aromatic carbocycles. The number of carboxylic acids is 1. The summed E-state index contributed by atoms with van der Waals surface area (Å²) in [5.41, 5.74) is -0.635. The molecule has 1 saturated carbocycles. The van der Waals surface area contributed by atoms with Gasteiger partial charge in [-0.3, -0.25) is 9.48 Å². The van der Waals surface area contributed by atoms with Crippen molar-refractivity contribution in [3.8, 4) is 0 Å². The van der Waals surface area contributed by atoms with Crippen LogP contribution in [0.3, 0.4) is 0 Å². The lowest BCUT2D eigenvalue weighted by Crippen LogP contribution is -2.38. The third-order valence-corrected chi connectivity index (χ3v) is 4.72. The van der Waals surface area contributed by atoms with E-state index in [2.05, 4.69) is 23.9 Å². The van der Waals surface area contributed by atoms with Gasteiger partial charge < -0.3 is 5.11 Å². The van der Waals surface area contributed by atoms with Gasteiger partial charge in [0.15, 0.2) is 0 Å². The van der Waals surface area contributed by atoms with Crippen molar-refractivity contribution in [2.75, 3.05) is 0 Å². The Morgan fingerprint density at radius 3 is 2.70 bits per heavy atom. The predicted octanol–water partition coefficient (Wildman–Crippen LogP) is 2.90. The summed E-state index contributed by atoms with van der Waals surface area (Å²) in [6, 6.07) is 0. The number of aliphatic carboxylic acids is 1. The van der Waals surface area contributed by atoms with E-state index in [1.165, 1.54) is 6.33 Å². The number of hydrogen-bond donors (Lipinski definition) is 1. The second-order valence-corrected chi connectivity index (χ2v) is 6.01. The van der Waals surface area contributed by atoms with Crippen molar-refractivity contribution in [1.82, 2.24) is 14.8 Å². The largest absolute Gasteiger partial charge is 0.481 e. The van der Waals surface area contributed by atoms with Gasteiger partial charge in [0.25, 0.3) is 0 Å². The number of aromatic nitrogens is 3. The summed E-state index contributed by atoms with van der Waals surface area (Å²) in [4.78, 5) is 16.1. The van der Waals surface area contributed by atoms with Gasteiger partial charge in [-0.25, -0.2) is 4.98 Å². The van der Waals surface area contributed by atoms with Crippen molar-refractivity contribution in [1.29, 1.82) is 0 Å². The van der Waals surface area contributed by atoms with Crippen LogP contribution in [0.15, 0.2) is 6.33 Å². The van der Waals surface area contributed by atoms with E-state index in [-0.39, 0.29) is 0 Å². The smallest absolute Gasteiger partial charge is 0.310 e. The molecule has 0 saturated heterocycles. The molecular weight excluding hydrogens is 254 g/mol. The number of aryl methyl sites for hydroxylation is 1. The Morgan fingerprint density at radius 1 is 1.45 bits per heavy atom. The zero-order valence-electron chi connectivity index (χ0n) is 12.5. The highest BCUT2D eigenvalue weighted by Crippen LogP contribution is 2.42. The minimum Gasteiger partial charge on any atom is -0.481 e. The topological polar surface area (TPSA) is 68.0 Å². The fourth-order valence-electron chi connectivity index (χ4n) is 3.23. The lowest BCUT2D eigenvalue weighted by molar-refractivity contribution is -0.151. The van der Waals surface area contributed by atoms with Crippen molar-refractivity contribution in [2.24, 2.45) is 11.3 Å². The first-order valence-electron chi connectivity index (χ1n) is 7.71. The molecule has 1 N–H and O–H groups in total. The van der Waals surface area contributed by atoms with Crippen molar-refractivity contribution in [2.45, 2.75) is 65.3 Å². The number of hydrogen-bond acceptors (Lipinski definition) is 3. The molecule has 0 radical (unpaired) electrons. The van der Waals surface area contributed by atoms with Crippen LogP contribution in [0.5, 0.6) is 0 Å². The summed E-state index contributed by atoms with van der Waals surface area (Å²) in [6.07, 6.45) is 7.75. The molecule has 5 heteroatoms. The van der Waals surface area contributed by atoms with Crippen LogP contribution < -0.4 is 0 Å². The van der Waals surface area contributed by atoms with Crippen LogP contribution in [0, 0.1) is 11.3 Å². The van der Waals surface area contributed by atoms with Crippen LogP contribution >= 0.6 is 0 Å². The maximum Gasteiger partial charge on any atom is 0.310 e. The Hall–Kier alpha value is -1.39. The molecule has 0 unspecified atom stereocenters. The van der Waals surface area contributed by atoms with E-state index in [1.807, 2.05) is 4.68 Å². The van der Waals surface area contributed by atoms with Crippen LogP contribution in [0.1, 0.15) is 58.2 Å². The minimum absolute atomic E-state index is 0.513. The second-order valence-electron chi connectivity index (χ2n) is 6.01. The molecule has 1 aliphatic carbocycles. The minimum atomic E-state index is -0.668. The molecule has 0 aliphatic heterocycles. The highest BCUT2D eigenvalue weighted by Gasteiger charge is 2.42. The summed E-state index contributed by atoms with van der Waals surface area (Å²) in [7, 11) is 0.